The minimum absolute atomic E-state index is 0. The van der Waals surface area contributed by atoms with Crippen LogP contribution in [0.5, 0.6) is 0 Å². The van der Waals surface area contributed by atoms with Crippen molar-refractivity contribution in [1.29, 1.82) is 0 Å². The van der Waals surface area contributed by atoms with Crippen molar-refractivity contribution in [3.63, 3.8) is 0 Å². The van der Waals surface area contributed by atoms with Gasteiger partial charge in [0.1, 0.15) is 0 Å². The van der Waals surface area contributed by atoms with Crippen LogP contribution < -0.4 is 5.32 Å². The fraction of sp³-hybridized carbons (Fsp3) is 0.300. The molecule has 0 bridgehead atoms. The van der Waals surface area contributed by atoms with Crippen molar-refractivity contribution in [2.45, 2.75) is 12.8 Å². The molecular formula is C20H23ClN2O3. The van der Waals surface area contributed by atoms with Crippen molar-refractivity contribution < 1.29 is 14.7 Å². The second-order valence-electron chi connectivity index (χ2n) is 6.37. The third kappa shape index (κ3) is 5.07. The lowest BCUT2D eigenvalue weighted by atomic mass is 9.98. The molecule has 1 aliphatic rings. The number of amides is 1. The molecule has 1 fully saturated rings. The number of piperidine rings is 1. The summed E-state index contributed by atoms with van der Waals surface area (Å²) in [7, 11) is 0. The average Bonchev–Trinajstić information content (AvgIpc) is 2.63. The second kappa shape index (κ2) is 9.36. The summed E-state index contributed by atoms with van der Waals surface area (Å²) < 4.78 is 0. The van der Waals surface area contributed by atoms with E-state index >= 15 is 0 Å². The van der Waals surface area contributed by atoms with Crippen LogP contribution in [-0.4, -0.2) is 41.5 Å². The number of hydrogen-bond donors (Lipinski definition) is 2. The number of anilines is 1. The molecule has 0 spiro atoms. The van der Waals surface area contributed by atoms with E-state index in [0.717, 1.165) is 29.8 Å². The molecule has 138 valence electrons. The van der Waals surface area contributed by atoms with Gasteiger partial charge in [0.15, 0.2) is 0 Å². The predicted molar refractivity (Wildman–Crippen MR) is 105 cm³/mol. The minimum atomic E-state index is -0.778. The normalized spacial score (nSPS) is 17.2. The largest absolute Gasteiger partial charge is 0.481 e. The standard InChI is InChI=1S/C20H22N2O3.ClH/c23-19(14-22-12-6-9-16(13-22)20(24)25)21-18-11-5-4-10-17(18)15-7-2-1-3-8-15;/h1-5,7-8,10-11,16H,6,9,12-14H2,(H,21,23)(H,24,25);1H. The Labute approximate surface area is 159 Å². The number of hydrogen-bond acceptors (Lipinski definition) is 3. The van der Waals surface area contributed by atoms with E-state index in [2.05, 4.69) is 5.32 Å². The Bertz CT molecular complexity index is 752. The van der Waals surface area contributed by atoms with Gasteiger partial charge in [0.25, 0.3) is 0 Å². The van der Waals surface area contributed by atoms with Gasteiger partial charge < -0.3 is 10.4 Å². The summed E-state index contributed by atoms with van der Waals surface area (Å²) >= 11 is 0. The van der Waals surface area contributed by atoms with E-state index in [1.165, 1.54) is 0 Å². The van der Waals surface area contributed by atoms with Crippen molar-refractivity contribution in [3.05, 3.63) is 54.6 Å². The van der Waals surface area contributed by atoms with Crippen LogP contribution in [0.25, 0.3) is 11.1 Å². The molecule has 0 radical (unpaired) electrons. The molecule has 6 heteroatoms. The quantitative estimate of drug-likeness (QED) is 0.840. The van der Waals surface area contributed by atoms with E-state index in [4.69, 9.17) is 5.11 Å². The van der Waals surface area contributed by atoms with Crippen LogP contribution in [0.4, 0.5) is 5.69 Å². The van der Waals surface area contributed by atoms with Gasteiger partial charge in [0.05, 0.1) is 12.5 Å². The zero-order valence-corrected chi connectivity index (χ0v) is 15.2. The summed E-state index contributed by atoms with van der Waals surface area (Å²) in [6, 6.07) is 17.6. The van der Waals surface area contributed by atoms with Gasteiger partial charge >= 0.3 is 5.97 Å². The van der Waals surface area contributed by atoms with Gasteiger partial charge in [-0.2, -0.15) is 0 Å². The highest BCUT2D eigenvalue weighted by Gasteiger charge is 2.26. The first kappa shape index (κ1) is 19.9. The molecule has 1 atom stereocenters. The lowest BCUT2D eigenvalue weighted by molar-refractivity contribution is -0.144. The van der Waals surface area contributed by atoms with E-state index in [1.54, 1.807) is 0 Å². The number of benzene rings is 2. The van der Waals surface area contributed by atoms with Crippen LogP contribution in [0.1, 0.15) is 12.8 Å². The lowest BCUT2D eigenvalue weighted by Crippen LogP contribution is -2.42. The third-order valence-corrected chi connectivity index (χ3v) is 4.51. The van der Waals surface area contributed by atoms with Crippen molar-refractivity contribution >= 4 is 30.0 Å². The summed E-state index contributed by atoms with van der Waals surface area (Å²) in [5, 5.41) is 12.1. The molecule has 0 saturated carbocycles. The molecule has 1 saturated heterocycles. The molecule has 0 aromatic heterocycles. The molecule has 0 aliphatic carbocycles. The van der Waals surface area contributed by atoms with Crippen LogP contribution >= 0.6 is 12.4 Å². The first-order valence-corrected chi connectivity index (χ1v) is 8.53. The zero-order valence-electron chi connectivity index (χ0n) is 14.4. The fourth-order valence-corrected chi connectivity index (χ4v) is 3.26. The van der Waals surface area contributed by atoms with Crippen molar-refractivity contribution in [1.82, 2.24) is 4.90 Å². The van der Waals surface area contributed by atoms with E-state index in [-0.39, 0.29) is 30.8 Å². The zero-order chi connectivity index (χ0) is 17.6. The van der Waals surface area contributed by atoms with E-state index < -0.39 is 5.97 Å². The summed E-state index contributed by atoms with van der Waals surface area (Å²) in [4.78, 5) is 25.5. The molecule has 1 amide bonds. The van der Waals surface area contributed by atoms with Crippen LogP contribution in [-0.2, 0) is 9.59 Å². The third-order valence-electron chi connectivity index (χ3n) is 4.51. The van der Waals surface area contributed by atoms with Crippen molar-refractivity contribution in [2.75, 3.05) is 25.0 Å². The number of carbonyl (C=O) groups excluding carboxylic acids is 1. The molecule has 3 rings (SSSR count). The van der Waals surface area contributed by atoms with Gasteiger partial charge in [0, 0.05) is 17.8 Å². The topological polar surface area (TPSA) is 69.6 Å². The van der Waals surface area contributed by atoms with E-state index in [1.807, 2.05) is 59.5 Å². The summed E-state index contributed by atoms with van der Waals surface area (Å²) in [5.74, 6) is -1.27. The number of carboxylic acids is 1. The van der Waals surface area contributed by atoms with Gasteiger partial charge in [-0.15, -0.1) is 12.4 Å². The van der Waals surface area contributed by atoms with Gasteiger partial charge in [0.2, 0.25) is 5.91 Å². The van der Waals surface area contributed by atoms with Crippen LogP contribution in [0.3, 0.4) is 0 Å². The Morgan fingerprint density at radius 2 is 1.77 bits per heavy atom. The highest BCUT2D eigenvalue weighted by atomic mass is 35.5. The van der Waals surface area contributed by atoms with Crippen LogP contribution in [0, 0.1) is 5.92 Å². The lowest BCUT2D eigenvalue weighted by Gasteiger charge is -2.30. The highest BCUT2D eigenvalue weighted by molar-refractivity contribution is 5.96. The molecule has 5 nitrogen and oxygen atoms in total. The maximum Gasteiger partial charge on any atom is 0.307 e. The van der Waals surface area contributed by atoms with Gasteiger partial charge in [-0.1, -0.05) is 48.5 Å². The molecular weight excluding hydrogens is 352 g/mol. The number of carboxylic acid groups (broad SMARTS) is 1. The summed E-state index contributed by atoms with van der Waals surface area (Å²) in [6.45, 7) is 1.41. The number of nitrogens with zero attached hydrogens (tertiary/aromatic N) is 1. The summed E-state index contributed by atoms with van der Waals surface area (Å²) in [5.41, 5.74) is 2.78. The van der Waals surface area contributed by atoms with Gasteiger partial charge in [-0.05, 0) is 31.0 Å². The predicted octanol–water partition coefficient (Wildman–Crippen LogP) is 3.51. The maximum absolute atomic E-state index is 12.4. The Balaban J connectivity index is 0.00000243. The van der Waals surface area contributed by atoms with Gasteiger partial charge in [-0.25, -0.2) is 0 Å². The molecule has 1 heterocycles. The monoisotopic (exact) mass is 374 g/mol. The maximum atomic E-state index is 12.4. The van der Waals surface area contributed by atoms with Crippen molar-refractivity contribution in [3.8, 4) is 11.1 Å². The molecule has 1 unspecified atom stereocenters. The fourth-order valence-electron chi connectivity index (χ4n) is 3.26. The van der Waals surface area contributed by atoms with E-state index in [0.29, 0.717) is 13.0 Å². The first-order chi connectivity index (χ1) is 12.1. The minimum Gasteiger partial charge on any atom is -0.481 e. The molecule has 2 aromatic carbocycles. The number of aliphatic carboxylic acids is 1. The highest BCUT2D eigenvalue weighted by Crippen LogP contribution is 2.27. The van der Waals surface area contributed by atoms with Gasteiger partial charge in [-0.3, -0.25) is 14.5 Å². The summed E-state index contributed by atoms with van der Waals surface area (Å²) in [6.07, 6.45) is 1.50. The second-order valence-corrected chi connectivity index (χ2v) is 6.37. The van der Waals surface area contributed by atoms with Crippen LogP contribution in [0.15, 0.2) is 54.6 Å². The SMILES string of the molecule is Cl.O=C(CN1CCCC(C(=O)O)C1)Nc1ccccc1-c1ccccc1. The number of rotatable bonds is 5. The molecule has 26 heavy (non-hydrogen) atoms. The first-order valence-electron chi connectivity index (χ1n) is 8.53. The number of nitrogens with one attached hydrogen (secondary N) is 1. The Morgan fingerprint density at radius 1 is 1.08 bits per heavy atom. The smallest absolute Gasteiger partial charge is 0.307 e. The Kier molecular flexibility index (Phi) is 7.18. The van der Waals surface area contributed by atoms with Crippen molar-refractivity contribution in [2.24, 2.45) is 5.92 Å². The number of halogens is 1. The number of likely N-dealkylation sites (tertiary alicyclic amines) is 1. The van der Waals surface area contributed by atoms with Crippen LogP contribution in [0.2, 0.25) is 0 Å². The van der Waals surface area contributed by atoms with E-state index in [9.17, 15) is 9.59 Å². The average molecular weight is 375 g/mol. The molecule has 2 aromatic rings. The Morgan fingerprint density at radius 3 is 2.50 bits per heavy atom. The Hall–Kier alpha value is -2.37. The number of carbonyl (C=O) groups is 2. The molecule has 1 aliphatic heterocycles. The molecule has 2 N–H and O–H groups in total. The number of para-hydroxylation sites is 1.